The molecule has 0 radical (unpaired) electrons. The molecule has 0 bridgehead atoms. The minimum absolute atomic E-state index is 0.0953. The van der Waals surface area contributed by atoms with Gasteiger partial charge in [-0.15, -0.1) is 0 Å². The van der Waals surface area contributed by atoms with Crippen molar-refractivity contribution in [2.75, 3.05) is 23.9 Å². The Bertz CT molecular complexity index is 388. The van der Waals surface area contributed by atoms with E-state index in [4.69, 9.17) is 0 Å². The van der Waals surface area contributed by atoms with Gasteiger partial charge in [0.1, 0.15) is 0 Å². The molecule has 4 nitrogen and oxygen atoms in total. The predicted molar refractivity (Wildman–Crippen MR) is 76.9 cm³/mol. The van der Waals surface area contributed by atoms with E-state index in [9.17, 15) is 10.1 Å². The van der Waals surface area contributed by atoms with Gasteiger partial charge in [0.15, 0.2) is 0 Å². The average Bonchev–Trinajstić information content (AvgIpc) is 2.28. The molecule has 0 saturated carbocycles. The van der Waals surface area contributed by atoms with Crippen molar-refractivity contribution >= 4 is 39.1 Å². The highest BCUT2D eigenvalue weighted by Gasteiger charge is 2.11. The van der Waals surface area contributed by atoms with Gasteiger partial charge in [-0.1, -0.05) is 0 Å². The molecule has 0 aliphatic heterocycles. The zero-order valence-electron chi connectivity index (χ0n) is 9.61. The van der Waals surface area contributed by atoms with Gasteiger partial charge in [0.05, 0.1) is 9.40 Å². The normalized spacial score (nSPS) is 10.2. The Kier molecular flexibility index (Phi) is 6.36. The molecule has 1 N–H and O–H groups in total. The van der Waals surface area contributed by atoms with Crippen LogP contribution in [-0.4, -0.2) is 23.5 Å². The minimum atomic E-state index is -0.396. The summed E-state index contributed by atoms with van der Waals surface area (Å²) in [6.45, 7) is 0.894. The van der Waals surface area contributed by atoms with Crippen LogP contribution in [0.4, 0.5) is 11.4 Å². The van der Waals surface area contributed by atoms with Crippen molar-refractivity contribution in [1.29, 1.82) is 0 Å². The summed E-state index contributed by atoms with van der Waals surface area (Å²) in [6.07, 6.45) is 4.39. The van der Waals surface area contributed by atoms with E-state index in [1.54, 1.807) is 12.1 Å². The highest BCUT2D eigenvalue weighted by molar-refractivity contribution is 9.10. The maximum Gasteiger partial charge on any atom is 0.283 e. The summed E-state index contributed by atoms with van der Waals surface area (Å²) in [7, 11) is 0. The van der Waals surface area contributed by atoms with Crippen LogP contribution in [0.3, 0.4) is 0 Å². The molecule has 1 aromatic carbocycles. The molecule has 1 aromatic rings. The first-order valence-electron chi connectivity index (χ1n) is 5.32. The Hall–Kier alpha value is -0.750. The molecular formula is C11H15BrN2O2S. The molecule has 17 heavy (non-hydrogen) atoms. The van der Waals surface area contributed by atoms with Gasteiger partial charge in [-0.05, 0) is 52.9 Å². The molecule has 0 aliphatic rings. The summed E-state index contributed by atoms with van der Waals surface area (Å²) in [5.41, 5.74) is 1.00. The minimum Gasteiger partial charge on any atom is -0.385 e. The zero-order chi connectivity index (χ0) is 12.7. The standard InChI is InChI=1S/C11H15BrN2O2S/c1-17-7-3-2-6-13-9-4-5-11(14(15)16)10(12)8-9/h4-5,8,13H,2-3,6-7H2,1H3. The van der Waals surface area contributed by atoms with Crippen molar-refractivity contribution in [1.82, 2.24) is 0 Å². The Morgan fingerprint density at radius 3 is 2.82 bits per heavy atom. The van der Waals surface area contributed by atoms with E-state index in [0.717, 1.165) is 18.7 Å². The Morgan fingerprint density at radius 2 is 2.24 bits per heavy atom. The zero-order valence-corrected chi connectivity index (χ0v) is 12.0. The van der Waals surface area contributed by atoms with Crippen LogP contribution in [0.15, 0.2) is 22.7 Å². The summed E-state index contributed by atoms with van der Waals surface area (Å²) < 4.78 is 0.511. The number of rotatable bonds is 7. The third-order valence-electron chi connectivity index (χ3n) is 2.25. The number of nitrogens with zero attached hydrogens (tertiary/aromatic N) is 1. The van der Waals surface area contributed by atoms with Gasteiger partial charge in [-0.25, -0.2) is 0 Å². The van der Waals surface area contributed by atoms with Crippen molar-refractivity contribution in [3.05, 3.63) is 32.8 Å². The fourth-order valence-corrected chi connectivity index (χ4v) is 2.39. The largest absolute Gasteiger partial charge is 0.385 e. The first-order valence-corrected chi connectivity index (χ1v) is 7.50. The van der Waals surface area contributed by atoms with E-state index in [1.807, 2.05) is 11.8 Å². The van der Waals surface area contributed by atoms with Crippen molar-refractivity contribution in [3.63, 3.8) is 0 Å². The lowest BCUT2D eigenvalue weighted by atomic mass is 10.2. The van der Waals surface area contributed by atoms with E-state index in [2.05, 4.69) is 27.5 Å². The number of nitro groups is 1. The molecule has 0 spiro atoms. The Morgan fingerprint density at radius 1 is 1.47 bits per heavy atom. The maximum absolute atomic E-state index is 10.6. The average molecular weight is 319 g/mol. The van der Waals surface area contributed by atoms with E-state index in [1.165, 1.54) is 18.2 Å². The summed E-state index contributed by atoms with van der Waals surface area (Å²) in [4.78, 5) is 10.2. The second-order valence-electron chi connectivity index (χ2n) is 3.55. The van der Waals surface area contributed by atoms with Crippen molar-refractivity contribution in [3.8, 4) is 0 Å². The van der Waals surface area contributed by atoms with Gasteiger partial charge >= 0.3 is 0 Å². The van der Waals surface area contributed by atoms with Crippen molar-refractivity contribution in [2.24, 2.45) is 0 Å². The lowest BCUT2D eigenvalue weighted by molar-refractivity contribution is -0.385. The molecule has 0 atom stereocenters. The van der Waals surface area contributed by atoms with Crippen LogP contribution in [0, 0.1) is 10.1 Å². The number of halogens is 1. The molecule has 0 aromatic heterocycles. The third-order valence-corrected chi connectivity index (χ3v) is 3.58. The number of unbranched alkanes of at least 4 members (excludes halogenated alkanes) is 1. The highest BCUT2D eigenvalue weighted by atomic mass is 79.9. The number of hydrogen-bond acceptors (Lipinski definition) is 4. The number of nitrogens with one attached hydrogen (secondary N) is 1. The van der Waals surface area contributed by atoms with Crippen molar-refractivity contribution < 1.29 is 4.92 Å². The van der Waals surface area contributed by atoms with Gasteiger partial charge in [-0.2, -0.15) is 11.8 Å². The van der Waals surface area contributed by atoms with Gasteiger partial charge < -0.3 is 5.32 Å². The van der Waals surface area contributed by atoms with Crippen LogP contribution >= 0.6 is 27.7 Å². The monoisotopic (exact) mass is 318 g/mol. The summed E-state index contributed by atoms with van der Waals surface area (Å²) in [5, 5.41) is 13.9. The summed E-state index contributed by atoms with van der Waals surface area (Å²) in [5.74, 6) is 1.17. The molecular weight excluding hydrogens is 304 g/mol. The van der Waals surface area contributed by atoms with Gasteiger partial charge in [0.25, 0.3) is 5.69 Å². The summed E-state index contributed by atoms with van der Waals surface area (Å²) in [6, 6.07) is 4.98. The van der Waals surface area contributed by atoms with Gasteiger partial charge in [-0.3, -0.25) is 10.1 Å². The number of nitro benzene ring substituents is 1. The van der Waals surface area contributed by atoms with E-state index in [-0.39, 0.29) is 5.69 Å². The summed E-state index contributed by atoms with van der Waals surface area (Å²) >= 11 is 5.04. The topological polar surface area (TPSA) is 55.2 Å². The smallest absolute Gasteiger partial charge is 0.283 e. The second-order valence-corrected chi connectivity index (χ2v) is 5.39. The second kappa shape index (κ2) is 7.55. The molecule has 0 fully saturated rings. The first-order chi connectivity index (χ1) is 8.15. The SMILES string of the molecule is CSCCCCNc1ccc([N+](=O)[O-])c(Br)c1. The Labute approximate surface area is 113 Å². The fourth-order valence-electron chi connectivity index (χ4n) is 1.37. The van der Waals surface area contributed by atoms with Crippen LogP contribution < -0.4 is 5.32 Å². The first kappa shape index (κ1) is 14.3. The third kappa shape index (κ3) is 4.95. The quantitative estimate of drug-likeness (QED) is 0.470. The van der Waals surface area contributed by atoms with E-state index < -0.39 is 4.92 Å². The number of anilines is 1. The fraction of sp³-hybridized carbons (Fsp3) is 0.455. The molecule has 0 saturated heterocycles. The van der Waals surface area contributed by atoms with E-state index >= 15 is 0 Å². The van der Waals surface area contributed by atoms with E-state index in [0.29, 0.717) is 4.47 Å². The van der Waals surface area contributed by atoms with Crippen LogP contribution in [-0.2, 0) is 0 Å². The molecule has 0 heterocycles. The predicted octanol–water partition coefficient (Wildman–Crippen LogP) is 3.91. The number of thioether (sulfide) groups is 1. The van der Waals surface area contributed by atoms with Crippen LogP contribution in [0.25, 0.3) is 0 Å². The van der Waals surface area contributed by atoms with Gasteiger partial charge in [0.2, 0.25) is 0 Å². The number of benzene rings is 1. The molecule has 0 amide bonds. The van der Waals surface area contributed by atoms with Crippen LogP contribution in [0.1, 0.15) is 12.8 Å². The van der Waals surface area contributed by atoms with Crippen LogP contribution in [0.2, 0.25) is 0 Å². The van der Waals surface area contributed by atoms with Gasteiger partial charge in [0, 0.05) is 18.3 Å². The lowest BCUT2D eigenvalue weighted by Gasteiger charge is -2.06. The van der Waals surface area contributed by atoms with Crippen LogP contribution in [0.5, 0.6) is 0 Å². The molecule has 0 unspecified atom stereocenters. The maximum atomic E-state index is 10.6. The van der Waals surface area contributed by atoms with Crippen molar-refractivity contribution in [2.45, 2.75) is 12.8 Å². The molecule has 0 aliphatic carbocycles. The molecule has 6 heteroatoms. The lowest BCUT2D eigenvalue weighted by Crippen LogP contribution is -2.02. The highest BCUT2D eigenvalue weighted by Crippen LogP contribution is 2.27. The number of hydrogen-bond donors (Lipinski definition) is 1. The molecule has 94 valence electrons. The molecule has 1 rings (SSSR count). The Balaban J connectivity index is 2.45.